The highest BCUT2D eigenvalue weighted by Crippen LogP contribution is 2.21. The molecule has 1 unspecified atom stereocenters. The standard InChI is InChI=1S/C19H20ClN3OS/c1-3-23(12-19-22-15-6-4-5-7-17(15)25-19)11-18(24)21-16-10-14(20)9-8-13(16)2/h4-10H,3,11-12H2,1-2H3,(H,21,24)/p+1. The molecule has 0 saturated heterocycles. The molecule has 4 nitrogen and oxygen atoms in total. The van der Waals surface area contributed by atoms with Gasteiger partial charge in [-0.15, -0.1) is 11.3 Å². The van der Waals surface area contributed by atoms with Crippen molar-refractivity contribution in [2.75, 3.05) is 18.4 Å². The Balaban J connectivity index is 1.65. The summed E-state index contributed by atoms with van der Waals surface area (Å²) in [7, 11) is 0. The van der Waals surface area contributed by atoms with Gasteiger partial charge in [-0.05, 0) is 43.7 Å². The molecule has 3 rings (SSSR count). The number of anilines is 1. The lowest BCUT2D eigenvalue weighted by molar-refractivity contribution is -0.903. The molecule has 1 amide bonds. The van der Waals surface area contributed by atoms with E-state index in [4.69, 9.17) is 11.6 Å². The van der Waals surface area contributed by atoms with E-state index in [1.54, 1.807) is 17.4 Å². The molecule has 1 aromatic heterocycles. The first-order valence-electron chi connectivity index (χ1n) is 8.29. The third-order valence-corrected chi connectivity index (χ3v) is 5.40. The van der Waals surface area contributed by atoms with Gasteiger partial charge in [-0.1, -0.05) is 29.8 Å². The summed E-state index contributed by atoms with van der Waals surface area (Å²) in [6.45, 7) is 6.05. The second-order valence-corrected chi connectivity index (χ2v) is 7.59. The van der Waals surface area contributed by atoms with E-state index in [-0.39, 0.29) is 5.91 Å². The van der Waals surface area contributed by atoms with E-state index in [1.807, 2.05) is 37.3 Å². The first kappa shape index (κ1) is 17.9. The Hall–Kier alpha value is -1.95. The van der Waals surface area contributed by atoms with Gasteiger partial charge in [0.05, 0.1) is 16.8 Å². The van der Waals surface area contributed by atoms with Gasteiger partial charge in [-0.3, -0.25) is 4.79 Å². The summed E-state index contributed by atoms with van der Waals surface area (Å²) in [5, 5.41) is 4.65. The van der Waals surface area contributed by atoms with Crippen molar-refractivity contribution in [1.82, 2.24) is 4.98 Å². The summed E-state index contributed by atoms with van der Waals surface area (Å²) in [6, 6.07) is 13.6. The fraction of sp³-hybridized carbons (Fsp3) is 0.263. The number of benzene rings is 2. The Morgan fingerprint density at radius 3 is 2.84 bits per heavy atom. The van der Waals surface area contributed by atoms with Gasteiger partial charge in [-0.2, -0.15) is 0 Å². The highest BCUT2D eigenvalue weighted by molar-refractivity contribution is 7.18. The van der Waals surface area contributed by atoms with Gasteiger partial charge < -0.3 is 10.2 Å². The molecule has 0 aliphatic carbocycles. The molecule has 6 heteroatoms. The maximum Gasteiger partial charge on any atom is 0.279 e. The van der Waals surface area contributed by atoms with Crippen molar-refractivity contribution >= 4 is 44.7 Å². The third-order valence-electron chi connectivity index (χ3n) is 4.12. The summed E-state index contributed by atoms with van der Waals surface area (Å²) in [6.07, 6.45) is 0. The van der Waals surface area contributed by atoms with Crippen molar-refractivity contribution in [3.05, 3.63) is 58.1 Å². The van der Waals surface area contributed by atoms with Crippen molar-refractivity contribution in [2.45, 2.75) is 20.4 Å². The number of amides is 1. The van der Waals surface area contributed by atoms with Crippen LogP contribution in [-0.4, -0.2) is 24.0 Å². The van der Waals surface area contributed by atoms with Crippen LogP contribution in [0.25, 0.3) is 10.2 Å². The minimum absolute atomic E-state index is 0.0108. The van der Waals surface area contributed by atoms with Crippen LogP contribution >= 0.6 is 22.9 Å². The summed E-state index contributed by atoms with van der Waals surface area (Å²) in [5.41, 5.74) is 2.80. The summed E-state index contributed by atoms with van der Waals surface area (Å²) in [5.74, 6) is -0.0108. The number of fused-ring (bicyclic) bond motifs is 1. The number of rotatable bonds is 6. The van der Waals surface area contributed by atoms with E-state index in [9.17, 15) is 4.79 Å². The Morgan fingerprint density at radius 2 is 2.08 bits per heavy atom. The molecular weight excluding hydrogens is 354 g/mol. The summed E-state index contributed by atoms with van der Waals surface area (Å²) < 4.78 is 1.19. The Kier molecular flexibility index (Phi) is 5.68. The number of halogens is 1. The molecule has 130 valence electrons. The maximum atomic E-state index is 12.4. The molecule has 3 aromatic rings. The lowest BCUT2D eigenvalue weighted by atomic mass is 10.2. The molecule has 1 heterocycles. The van der Waals surface area contributed by atoms with E-state index >= 15 is 0 Å². The van der Waals surface area contributed by atoms with Gasteiger partial charge in [-0.25, -0.2) is 4.98 Å². The van der Waals surface area contributed by atoms with Gasteiger partial charge >= 0.3 is 0 Å². The van der Waals surface area contributed by atoms with Crippen LogP contribution in [0.4, 0.5) is 5.69 Å². The highest BCUT2D eigenvalue weighted by atomic mass is 35.5. The topological polar surface area (TPSA) is 46.4 Å². The summed E-state index contributed by atoms with van der Waals surface area (Å²) >= 11 is 7.71. The Bertz CT molecular complexity index is 860. The number of para-hydroxylation sites is 1. The molecule has 25 heavy (non-hydrogen) atoms. The molecule has 2 N–H and O–H groups in total. The second-order valence-electron chi connectivity index (χ2n) is 6.04. The monoisotopic (exact) mass is 374 g/mol. The number of thiazole rings is 1. The van der Waals surface area contributed by atoms with E-state index in [0.29, 0.717) is 11.6 Å². The summed E-state index contributed by atoms with van der Waals surface area (Å²) in [4.78, 5) is 18.3. The molecule has 1 atom stereocenters. The normalized spacial score (nSPS) is 12.3. The maximum absolute atomic E-state index is 12.4. The third kappa shape index (κ3) is 4.57. The number of carbonyl (C=O) groups excluding carboxylic acids is 1. The van der Waals surface area contributed by atoms with Crippen molar-refractivity contribution in [3.8, 4) is 0 Å². The zero-order valence-corrected chi connectivity index (χ0v) is 15.9. The molecular formula is C19H21ClN3OS+. The number of quaternary nitrogens is 1. The van der Waals surface area contributed by atoms with Crippen LogP contribution in [0.1, 0.15) is 17.5 Å². The minimum Gasteiger partial charge on any atom is -0.322 e. The van der Waals surface area contributed by atoms with Crippen LogP contribution in [0.5, 0.6) is 0 Å². The molecule has 0 bridgehead atoms. The predicted molar refractivity (Wildman–Crippen MR) is 105 cm³/mol. The average molecular weight is 375 g/mol. The van der Waals surface area contributed by atoms with Crippen LogP contribution in [0.2, 0.25) is 5.02 Å². The SMILES string of the molecule is CC[NH+](CC(=O)Nc1cc(Cl)ccc1C)Cc1nc2ccccc2s1. The van der Waals surface area contributed by atoms with Crippen LogP contribution in [0.15, 0.2) is 42.5 Å². The predicted octanol–water partition coefficient (Wildman–Crippen LogP) is 3.30. The lowest BCUT2D eigenvalue weighted by Crippen LogP contribution is -3.11. The van der Waals surface area contributed by atoms with Crippen molar-refractivity contribution in [3.63, 3.8) is 0 Å². The molecule has 0 saturated carbocycles. The fourth-order valence-corrected chi connectivity index (χ4v) is 3.88. The minimum atomic E-state index is -0.0108. The van der Waals surface area contributed by atoms with Crippen LogP contribution in [-0.2, 0) is 11.3 Å². The number of likely N-dealkylation sites (N-methyl/N-ethyl adjacent to an activating group) is 1. The van der Waals surface area contributed by atoms with Crippen molar-refractivity contribution in [1.29, 1.82) is 0 Å². The second kappa shape index (κ2) is 7.95. The van der Waals surface area contributed by atoms with Gasteiger partial charge in [0.1, 0.15) is 11.6 Å². The number of carbonyl (C=O) groups is 1. The van der Waals surface area contributed by atoms with Crippen LogP contribution in [0.3, 0.4) is 0 Å². The molecule has 0 radical (unpaired) electrons. The lowest BCUT2D eigenvalue weighted by Gasteiger charge is -2.16. The Labute approximate surface area is 156 Å². The molecule has 0 aliphatic rings. The number of hydrogen-bond donors (Lipinski definition) is 2. The number of nitrogens with zero attached hydrogens (tertiary/aromatic N) is 1. The number of aromatic nitrogens is 1. The van der Waals surface area contributed by atoms with E-state index in [0.717, 1.165) is 34.9 Å². The fourth-order valence-electron chi connectivity index (χ4n) is 2.67. The first-order valence-corrected chi connectivity index (χ1v) is 9.48. The number of nitrogens with one attached hydrogen (secondary N) is 2. The number of aryl methyl sites for hydroxylation is 1. The van der Waals surface area contributed by atoms with Crippen molar-refractivity contribution in [2.24, 2.45) is 0 Å². The molecule has 0 fully saturated rings. The highest BCUT2D eigenvalue weighted by Gasteiger charge is 2.16. The number of hydrogen-bond acceptors (Lipinski definition) is 3. The van der Waals surface area contributed by atoms with Crippen molar-refractivity contribution < 1.29 is 9.69 Å². The van der Waals surface area contributed by atoms with Gasteiger partial charge in [0, 0.05) is 10.7 Å². The zero-order chi connectivity index (χ0) is 17.8. The van der Waals surface area contributed by atoms with E-state index < -0.39 is 0 Å². The van der Waals surface area contributed by atoms with Gasteiger partial charge in [0.15, 0.2) is 6.54 Å². The van der Waals surface area contributed by atoms with E-state index in [2.05, 4.69) is 23.3 Å². The van der Waals surface area contributed by atoms with Gasteiger partial charge in [0.25, 0.3) is 5.91 Å². The van der Waals surface area contributed by atoms with Crippen LogP contribution in [0, 0.1) is 6.92 Å². The first-order chi connectivity index (χ1) is 12.0. The average Bonchev–Trinajstić information content (AvgIpc) is 2.99. The largest absolute Gasteiger partial charge is 0.322 e. The zero-order valence-electron chi connectivity index (χ0n) is 14.3. The van der Waals surface area contributed by atoms with Gasteiger partial charge in [0.2, 0.25) is 0 Å². The molecule has 0 aliphatic heterocycles. The quantitative estimate of drug-likeness (QED) is 0.695. The van der Waals surface area contributed by atoms with Crippen LogP contribution < -0.4 is 10.2 Å². The van der Waals surface area contributed by atoms with E-state index in [1.165, 1.54) is 9.60 Å². The Morgan fingerprint density at radius 1 is 1.28 bits per heavy atom. The molecule has 2 aromatic carbocycles. The smallest absolute Gasteiger partial charge is 0.279 e. The molecule has 0 spiro atoms.